The van der Waals surface area contributed by atoms with Crippen LogP contribution < -0.4 is 10.1 Å². The number of ether oxygens (including phenoxy) is 2. The number of fused-ring (bicyclic) bond motifs is 1. The first-order valence-corrected chi connectivity index (χ1v) is 13.2. The lowest BCUT2D eigenvalue weighted by atomic mass is 9.48. The Morgan fingerprint density at radius 3 is 2.95 bits per heavy atom. The van der Waals surface area contributed by atoms with Crippen molar-refractivity contribution < 1.29 is 24.5 Å². The molecule has 3 heterocycles. The molecule has 1 saturated heterocycles. The highest BCUT2D eigenvalue weighted by molar-refractivity contribution is 5.84. The Bertz CT molecular complexity index is 1400. The molecule has 2 fully saturated rings. The molecule has 2 aliphatic carbocycles. The Hall–Kier alpha value is -3.07. The third-order valence-electron chi connectivity index (χ3n) is 9.87. The van der Waals surface area contributed by atoms with E-state index in [2.05, 4.69) is 22.2 Å². The second-order valence-electron chi connectivity index (χ2n) is 11.3. The topological polar surface area (TPSA) is 107 Å². The number of benzene rings is 2. The number of H-pyrrole nitrogens is 1. The molecule has 0 amide bonds. The number of phenols is 1. The fourth-order valence-electron chi connectivity index (χ4n) is 8.31. The maximum Gasteiger partial charge on any atom is 0.321 e. The van der Waals surface area contributed by atoms with Crippen LogP contribution in [-0.2, 0) is 27.8 Å². The summed E-state index contributed by atoms with van der Waals surface area (Å²) in [6.07, 6.45) is 5.15. The normalized spacial score (nSPS) is 32.6. The van der Waals surface area contributed by atoms with Gasteiger partial charge in [-0.2, -0.15) is 0 Å². The largest absolute Gasteiger partial charge is 0.504 e. The number of piperidine rings is 1. The highest BCUT2D eigenvalue weighted by atomic mass is 16.5. The van der Waals surface area contributed by atoms with Gasteiger partial charge in [-0.3, -0.25) is 10.1 Å². The minimum Gasteiger partial charge on any atom is -0.504 e. The van der Waals surface area contributed by atoms with Crippen molar-refractivity contribution >= 4 is 16.9 Å². The summed E-state index contributed by atoms with van der Waals surface area (Å²) in [6.45, 7) is 0.897. The first-order valence-electron chi connectivity index (χ1n) is 13.2. The van der Waals surface area contributed by atoms with E-state index in [1.54, 1.807) is 6.07 Å². The minimum atomic E-state index is -0.879. The summed E-state index contributed by atoms with van der Waals surface area (Å²) >= 11 is 0. The van der Waals surface area contributed by atoms with Gasteiger partial charge in [-0.1, -0.05) is 24.3 Å². The van der Waals surface area contributed by atoms with Crippen LogP contribution in [0.5, 0.6) is 11.5 Å². The van der Waals surface area contributed by atoms with E-state index in [-0.39, 0.29) is 23.9 Å². The maximum absolute atomic E-state index is 12.5. The monoisotopic (exact) mass is 503 g/mol. The summed E-state index contributed by atoms with van der Waals surface area (Å²) in [5.74, 6) is -0.170. The minimum absolute atomic E-state index is 0.150. The highest BCUT2D eigenvalue weighted by Gasteiger charge is 2.73. The van der Waals surface area contributed by atoms with Gasteiger partial charge in [0.2, 0.25) is 0 Å². The number of hydrogen-bond acceptors (Lipinski definition) is 6. The molecule has 2 aliphatic heterocycles. The predicted molar refractivity (Wildman–Crippen MR) is 138 cm³/mol. The Balaban J connectivity index is 1.28. The van der Waals surface area contributed by atoms with Crippen LogP contribution in [0.15, 0.2) is 42.6 Å². The van der Waals surface area contributed by atoms with Crippen LogP contribution in [0, 0.1) is 0 Å². The first kappa shape index (κ1) is 23.1. The zero-order valence-corrected chi connectivity index (χ0v) is 21.2. The number of nitrogens with one attached hydrogen (secondary N) is 2. The first-order chi connectivity index (χ1) is 17.9. The molecule has 2 aromatic carbocycles. The van der Waals surface area contributed by atoms with Gasteiger partial charge in [0, 0.05) is 48.3 Å². The van der Waals surface area contributed by atoms with Crippen LogP contribution in [0.25, 0.3) is 10.9 Å². The Kier molecular flexibility index (Phi) is 4.97. The van der Waals surface area contributed by atoms with Gasteiger partial charge in [0.1, 0.15) is 12.1 Å². The molecule has 37 heavy (non-hydrogen) atoms. The van der Waals surface area contributed by atoms with E-state index >= 15 is 0 Å². The standard InChI is InChI=1S/C29H33N3O5/c1-32-12-11-28-24-16-7-8-22(33)25(24)37-26(28)20(9-10-29(28,36-2)23(32)14-16)31-21(27(34)35)13-17-15-30-19-6-4-3-5-18(17)19/h3-8,15,20-21,23,26,30-31,33H,9-14H2,1-2H3,(H,34,35)/t20-,21-,23+,26-,28-,29+/m0/s1. The van der Waals surface area contributed by atoms with Gasteiger partial charge in [-0.25, -0.2) is 0 Å². The molecule has 1 spiro atoms. The molecule has 8 heteroatoms. The average molecular weight is 504 g/mol. The molecule has 0 unspecified atom stereocenters. The summed E-state index contributed by atoms with van der Waals surface area (Å²) in [4.78, 5) is 18.2. The summed E-state index contributed by atoms with van der Waals surface area (Å²) in [5, 5.41) is 25.7. The van der Waals surface area contributed by atoms with E-state index < -0.39 is 23.0 Å². The van der Waals surface area contributed by atoms with E-state index in [1.807, 2.05) is 43.6 Å². The number of phenolic OH excluding ortho intramolecular Hbond substituents is 1. The van der Waals surface area contributed by atoms with Crippen LogP contribution in [0.1, 0.15) is 36.0 Å². The van der Waals surface area contributed by atoms with Crippen molar-refractivity contribution in [2.24, 2.45) is 0 Å². The molecule has 3 aromatic rings. The molecule has 6 atom stereocenters. The zero-order valence-electron chi connectivity index (χ0n) is 21.2. The SMILES string of the molecule is CO[C@@]12CC[C@H](N[C@@H](Cc3c[nH]c4ccccc34)C(=O)O)[C@@H]3Oc4c(O)ccc5c4[C@@]31CCN(C)[C@@H]2C5. The van der Waals surface area contributed by atoms with Crippen molar-refractivity contribution in [3.8, 4) is 11.5 Å². The van der Waals surface area contributed by atoms with Crippen molar-refractivity contribution in [1.29, 1.82) is 0 Å². The van der Waals surface area contributed by atoms with Crippen LogP contribution >= 0.6 is 0 Å². The molecule has 1 aromatic heterocycles. The van der Waals surface area contributed by atoms with Crippen LogP contribution in [0.3, 0.4) is 0 Å². The summed E-state index contributed by atoms with van der Waals surface area (Å²) in [6, 6.07) is 10.9. The van der Waals surface area contributed by atoms with E-state index in [4.69, 9.17) is 9.47 Å². The fourth-order valence-corrected chi connectivity index (χ4v) is 8.31. The van der Waals surface area contributed by atoms with Crippen LogP contribution in [0.2, 0.25) is 0 Å². The predicted octanol–water partition coefficient (Wildman–Crippen LogP) is 2.97. The van der Waals surface area contributed by atoms with Crippen LogP contribution in [0.4, 0.5) is 0 Å². The van der Waals surface area contributed by atoms with Crippen molar-refractivity contribution in [3.05, 3.63) is 59.3 Å². The Labute approximate surface area is 215 Å². The van der Waals surface area contributed by atoms with Crippen molar-refractivity contribution in [2.45, 2.75) is 67.3 Å². The molecule has 1 saturated carbocycles. The number of likely N-dealkylation sites (N-methyl/N-ethyl adjacent to an activating group) is 1. The molecule has 0 radical (unpaired) electrons. The molecular formula is C29H33N3O5. The maximum atomic E-state index is 12.5. The number of hydrogen-bond donors (Lipinski definition) is 4. The van der Waals surface area contributed by atoms with Crippen molar-refractivity contribution in [2.75, 3.05) is 20.7 Å². The number of aromatic amines is 1. The van der Waals surface area contributed by atoms with Gasteiger partial charge < -0.3 is 29.6 Å². The van der Waals surface area contributed by atoms with Crippen LogP contribution in [-0.4, -0.2) is 76.6 Å². The second kappa shape index (κ2) is 7.96. The molecular weight excluding hydrogens is 470 g/mol. The number of aromatic hydroxyl groups is 1. The molecule has 7 rings (SSSR count). The summed E-state index contributed by atoms with van der Waals surface area (Å²) in [7, 11) is 3.98. The molecule has 8 nitrogen and oxygen atoms in total. The van der Waals surface area contributed by atoms with E-state index in [1.165, 1.54) is 5.56 Å². The Morgan fingerprint density at radius 1 is 1.30 bits per heavy atom. The molecule has 4 N–H and O–H groups in total. The number of nitrogens with zero attached hydrogens (tertiary/aromatic N) is 1. The van der Waals surface area contributed by atoms with Crippen molar-refractivity contribution in [3.63, 3.8) is 0 Å². The Morgan fingerprint density at radius 2 is 2.14 bits per heavy atom. The van der Waals surface area contributed by atoms with E-state index in [0.29, 0.717) is 12.2 Å². The van der Waals surface area contributed by atoms with Gasteiger partial charge in [-0.05, 0) is 62.5 Å². The summed E-state index contributed by atoms with van der Waals surface area (Å²) in [5.41, 5.74) is 3.36. The fraction of sp³-hybridized carbons (Fsp3) is 0.483. The number of aromatic nitrogens is 1. The number of carboxylic acid groups (broad SMARTS) is 1. The molecule has 4 aliphatic rings. The summed E-state index contributed by atoms with van der Waals surface area (Å²) < 4.78 is 13.2. The smallest absolute Gasteiger partial charge is 0.321 e. The number of methoxy groups -OCH3 is 1. The number of rotatable bonds is 6. The highest BCUT2D eigenvalue weighted by Crippen LogP contribution is 2.66. The van der Waals surface area contributed by atoms with Gasteiger partial charge >= 0.3 is 5.97 Å². The number of aliphatic carboxylic acids is 1. The van der Waals surface area contributed by atoms with E-state index in [9.17, 15) is 15.0 Å². The number of para-hydroxylation sites is 1. The molecule has 194 valence electrons. The van der Waals surface area contributed by atoms with Gasteiger partial charge in [-0.15, -0.1) is 0 Å². The zero-order chi connectivity index (χ0) is 25.5. The number of carbonyl (C=O) groups is 1. The number of likely N-dealkylation sites (tertiary alicyclic amines) is 1. The third kappa shape index (κ3) is 2.92. The third-order valence-corrected chi connectivity index (χ3v) is 9.87. The van der Waals surface area contributed by atoms with Crippen molar-refractivity contribution in [1.82, 2.24) is 15.2 Å². The lowest BCUT2D eigenvalue weighted by Crippen LogP contribution is -2.78. The van der Waals surface area contributed by atoms with Gasteiger partial charge in [0.05, 0.1) is 11.0 Å². The van der Waals surface area contributed by atoms with E-state index in [0.717, 1.165) is 54.3 Å². The quantitative estimate of drug-likeness (QED) is 0.410. The second-order valence-corrected chi connectivity index (χ2v) is 11.3. The van der Waals surface area contributed by atoms with Gasteiger partial charge in [0.15, 0.2) is 11.5 Å². The lowest BCUT2D eigenvalue weighted by Gasteiger charge is -2.65. The molecule has 2 bridgehead atoms. The van der Waals surface area contributed by atoms with Gasteiger partial charge in [0.25, 0.3) is 0 Å². The number of carboxylic acids is 1. The lowest BCUT2D eigenvalue weighted by molar-refractivity contribution is -0.204. The average Bonchev–Trinajstić information content (AvgIpc) is 3.47.